The molecule has 0 atom stereocenters. The van der Waals surface area contributed by atoms with Gasteiger partial charge in [-0.2, -0.15) is 0 Å². The Bertz CT molecular complexity index is 1330. The summed E-state index contributed by atoms with van der Waals surface area (Å²) in [4.78, 5) is 44.5. The first-order valence-corrected chi connectivity index (χ1v) is 11.2. The lowest BCUT2D eigenvalue weighted by atomic mass is 10.1. The van der Waals surface area contributed by atoms with Gasteiger partial charge < -0.3 is 19.8 Å². The van der Waals surface area contributed by atoms with Gasteiger partial charge in [0.15, 0.2) is 0 Å². The third-order valence-corrected chi connectivity index (χ3v) is 5.64. The second kappa shape index (κ2) is 10.1. The van der Waals surface area contributed by atoms with E-state index in [1.807, 2.05) is 42.6 Å². The Morgan fingerprint density at radius 2 is 1.85 bits per heavy atom. The Morgan fingerprint density at radius 1 is 1.09 bits per heavy atom. The van der Waals surface area contributed by atoms with Crippen LogP contribution in [0.4, 0.5) is 0 Å². The Morgan fingerprint density at radius 3 is 2.58 bits per heavy atom. The predicted molar refractivity (Wildman–Crippen MR) is 125 cm³/mol. The number of ether oxygens (including phenoxy) is 2. The molecule has 0 aliphatic rings. The smallest absolute Gasteiger partial charge is 0.325 e. The monoisotopic (exact) mass is 463 g/mol. The average Bonchev–Trinajstić information content (AvgIpc) is 3.27. The van der Waals surface area contributed by atoms with Crippen LogP contribution in [-0.4, -0.2) is 35.0 Å². The molecule has 2 aromatic heterocycles. The number of nitrogens with one attached hydrogen (secondary N) is 2. The summed E-state index contributed by atoms with van der Waals surface area (Å²) in [6, 6.07) is 16.2. The van der Waals surface area contributed by atoms with Gasteiger partial charge in [0.25, 0.3) is 11.5 Å². The molecule has 0 saturated carbocycles. The highest BCUT2D eigenvalue weighted by Crippen LogP contribution is 2.30. The third-order valence-electron chi connectivity index (χ3n) is 4.77. The highest BCUT2D eigenvalue weighted by atomic mass is 32.1. The van der Waals surface area contributed by atoms with Gasteiger partial charge in [-0.25, -0.2) is 4.98 Å². The molecule has 9 heteroatoms. The van der Waals surface area contributed by atoms with Crippen LogP contribution in [0.1, 0.15) is 23.1 Å². The minimum absolute atomic E-state index is 0.207. The quantitative estimate of drug-likeness (QED) is 0.387. The van der Waals surface area contributed by atoms with Crippen LogP contribution in [0.25, 0.3) is 21.3 Å². The van der Waals surface area contributed by atoms with E-state index in [1.165, 1.54) is 11.3 Å². The molecular weight excluding hydrogens is 442 g/mol. The van der Waals surface area contributed by atoms with Crippen molar-refractivity contribution in [1.29, 1.82) is 0 Å². The maximum atomic E-state index is 12.6. The number of hydrogen-bond donors (Lipinski definition) is 2. The molecule has 4 aromatic rings. The number of rotatable bonds is 8. The fourth-order valence-corrected chi connectivity index (χ4v) is 4.18. The number of hydrogen-bond acceptors (Lipinski definition) is 7. The van der Waals surface area contributed by atoms with Gasteiger partial charge in [-0.3, -0.25) is 14.4 Å². The molecule has 0 aliphatic carbocycles. The normalized spacial score (nSPS) is 10.7. The van der Waals surface area contributed by atoms with Crippen molar-refractivity contribution >= 4 is 33.4 Å². The van der Waals surface area contributed by atoms with Crippen molar-refractivity contribution in [3.05, 3.63) is 81.7 Å². The fraction of sp³-hybridized carbons (Fsp3) is 0.167. The summed E-state index contributed by atoms with van der Waals surface area (Å²) >= 11 is 1.35. The van der Waals surface area contributed by atoms with E-state index < -0.39 is 11.9 Å². The van der Waals surface area contributed by atoms with Crippen LogP contribution in [0.15, 0.2) is 64.8 Å². The van der Waals surface area contributed by atoms with E-state index in [-0.39, 0.29) is 24.5 Å². The number of H-pyrrole nitrogens is 1. The second-order valence-electron chi connectivity index (χ2n) is 7.01. The van der Waals surface area contributed by atoms with Crippen molar-refractivity contribution < 1.29 is 19.1 Å². The molecule has 8 nitrogen and oxygen atoms in total. The van der Waals surface area contributed by atoms with E-state index in [1.54, 1.807) is 24.3 Å². The summed E-state index contributed by atoms with van der Waals surface area (Å²) < 4.78 is 10.5. The molecule has 0 spiro atoms. The lowest BCUT2D eigenvalue weighted by Gasteiger charge is -2.07. The van der Waals surface area contributed by atoms with Crippen molar-refractivity contribution in [2.45, 2.75) is 13.5 Å². The molecule has 2 heterocycles. The van der Waals surface area contributed by atoms with Crippen LogP contribution < -0.4 is 15.6 Å². The number of carbonyl (C=O) groups is 2. The van der Waals surface area contributed by atoms with E-state index >= 15 is 0 Å². The van der Waals surface area contributed by atoms with Gasteiger partial charge in [-0.05, 0) is 36.8 Å². The Balaban J connectivity index is 1.35. The SMILES string of the molecule is CCOc1ccc(C(=O)NCC(=O)OCc2nc3scc(-c4ccccc4)c3c(=O)[nH]2)cc1. The molecule has 4 rings (SSSR count). The zero-order valence-corrected chi connectivity index (χ0v) is 18.6. The maximum absolute atomic E-state index is 12.6. The number of fused-ring (bicyclic) bond motifs is 1. The van der Waals surface area contributed by atoms with Crippen molar-refractivity contribution in [3.8, 4) is 16.9 Å². The first-order valence-electron chi connectivity index (χ1n) is 10.3. The summed E-state index contributed by atoms with van der Waals surface area (Å²) in [5.74, 6) is -0.156. The van der Waals surface area contributed by atoms with E-state index in [0.29, 0.717) is 28.1 Å². The fourth-order valence-electron chi connectivity index (χ4n) is 3.22. The molecule has 0 bridgehead atoms. The minimum atomic E-state index is -0.645. The van der Waals surface area contributed by atoms with E-state index in [0.717, 1.165) is 11.1 Å². The van der Waals surface area contributed by atoms with E-state index in [9.17, 15) is 14.4 Å². The van der Waals surface area contributed by atoms with Crippen LogP contribution in [0.3, 0.4) is 0 Å². The second-order valence-corrected chi connectivity index (χ2v) is 7.87. The number of thiophene rings is 1. The number of amides is 1. The highest BCUT2D eigenvalue weighted by molar-refractivity contribution is 7.17. The molecule has 0 radical (unpaired) electrons. The molecule has 33 heavy (non-hydrogen) atoms. The number of benzene rings is 2. The van der Waals surface area contributed by atoms with Crippen LogP contribution in [0.2, 0.25) is 0 Å². The van der Waals surface area contributed by atoms with Crippen molar-refractivity contribution in [2.24, 2.45) is 0 Å². The maximum Gasteiger partial charge on any atom is 0.325 e. The molecule has 2 N–H and O–H groups in total. The number of aromatic amines is 1. The molecule has 0 aliphatic heterocycles. The summed E-state index contributed by atoms with van der Waals surface area (Å²) in [6.07, 6.45) is 0. The topological polar surface area (TPSA) is 110 Å². The zero-order valence-electron chi connectivity index (χ0n) is 17.8. The van der Waals surface area contributed by atoms with Gasteiger partial charge in [0.2, 0.25) is 0 Å². The average molecular weight is 464 g/mol. The summed E-state index contributed by atoms with van der Waals surface area (Å²) in [6.45, 7) is 1.89. The molecule has 0 saturated heterocycles. The largest absolute Gasteiger partial charge is 0.494 e. The minimum Gasteiger partial charge on any atom is -0.494 e. The number of esters is 1. The zero-order chi connectivity index (χ0) is 23.2. The first kappa shape index (κ1) is 22.2. The molecule has 0 fully saturated rings. The number of nitrogens with zero attached hydrogens (tertiary/aromatic N) is 1. The first-order chi connectivity index (χ1) is 16.0. The summed E-state index contributed by atoms with van der Waals surface area (Å²) in [7, 11) is 0. The van der Waals surface area contributed by atoms with Crippen LogP contribution >= 0.6 is 11.3 Å². The third kappa shape index (κ3) is 5.27. The molecule has 1 amide bonds. The van der Waals surface area contributed by atoms with Gasteiger partial charge >= 0.3 is 5.97 Å². The van der Waals surface area contributed by atoms with Gasteiger partial charge in [-0.1, -0.05) is 30.3 Å². The summed E-state index contributed by atoms with van der Waals surface area (Å²) in [5.41, 5.74) is 1.84. The molecule has 168 valence electrons. The van der Waals surface area contributed by atoms with Crippen LogP contribution in [0, 0.1) is 0 Å². The van der Waals surface area contributed by atoms with E-state index in [4.69, 9.17) is 9.47 Å². The Kier molecular flexibility index (Phi) is 6.80. The van der Waals surface area contributed by atoms with Gasteiger partial charge in [0.1, 0.15) is 29.6 Å². The van der Waals surface area contributed by atoms with Gasteiger partial charge in [-0.15, -0.1) is 11.3 Å². The van der Waals surface area contributed by atoms with Crippen LogP contribution in [0.5, 0.6) is 5.75 Å². The van der Waals surface area contributed by atoms with Crippen LogP contribution in [-0.2, 0) is 16.1 Å². The Labute approximate surface area is 193 Å². The standard InChI is InChI=1S/C24H21N3O5S/c1-2-31-17-10-8-16(9-11-17)22(29)25-12-20(28)32-13-19-26-23(30)21-18(14-33-24(21)27-19)15-6-4-3-5-7-15/h3-11,14H,2,12-13H2,1H3,(H,25,29)(H,26,27,30). The summed E-state index contributed by atoms with van der Waals surface area (Å²) in [5, 5.41) is 4.89. The van der Waals surface area contributed by atoms with Crippen molar-refractivity contribution in [1.82, 2.24) is 15.3 Å². The number of aromatic nitrogens is 2. The lowest BCUT2D eigenvalue weighted by molar-refractivity contribution is -0.143. The molecular formula is C24H21N3O5S. The van der Waals surface area contributed by atoms with Gasteiger partial charge in [0.05, 0.1) is 12.0 Å². The molecule has 2 aromatic carbocycles. The highest BCUT2D eigenvalue weighted by Gasteiger charge is 2.14. The predicted octanol–water partition coefficient (Wildman–Crippen LogP) is 3.52. The van der Waals surface area contributed by atoms with Crippen molar-refractivity contribution in [2.75, 3.05) is 13.2 Å². The molecule has 0 unspecified atom stereocenters. The lowest BCUT2D eigenvalue weighted by Crippen LogP contribution is -2.30. The number of carbonyl (C=O) groups excluding carboxylic acids is 2. The van der Waals surface area contributed by atoms with E-state index in [2.05, 4.69) is 15.3 Å². The Hall–Kier alpha value is -3.98. The van der Waals surface area contributed by atoms with Gasteiger partial charge in [0, 0.05) is 16.5 Å². The van der Waals surface area contributed by atoms with Crippen molar-refractivity contribution in [3.63, 3.8) is 0 Å².